The van der Waals surface area contributed by atoms with Crippen molar-refractivity contribution in [2.24, 2.45) is 0 Å². The molecule has 1 aromatic heterocycles. The second-order valence-electron chi connectivity index (χ2n) is 4.90. The first kappa shape index (κ1) is 13.1. The van der Waals surface area contributed by atoms with E-state index in [1.165, 1.54) is 24.4 Å². The van der Waals surface area contributed by atoms with Crippen LogP contribution < -0.4 is 0 Å². The smallest absolute Gasteiger partial charge is 0.0963 e. The number of halogens is 1. The van der Waals surface area contributed by atoms with Gasteiger partial charge in [-0.2, -0.15) is 0 Å². The minimum atomic E-state index is 0.499. The maximum atomic E-state index is 4.68. The van der Waals surface area contributed by atoms with Crippen LogP contribution in [0.5, 0.6) is 0 Å². The molecule has 0 N–H and O–H groups in total. The molecular weight excluding hydrogens is 365 g/mol. The number of fused-ring (bicyclic) bond motifs is 1. The summed E-state index contributed by atoms with van der Waals surface area (Å²) in [4.78, 5) is 4.68. The Hall–Kier alpha value is -0.940. The van der Waals surface area contributed by atoms with Gasteiger partial charge in [0.25, 0.3) is 0 Å². The van der Waals surface area contributed by atoms with Crippen LogP contribution in [0.1, 0.15) is 24.8 Å². The fourth-order valence-electron chi connectivity index (χ4n) is 2.01. The second-order valence-corrected chi connectivity index (χ2v) is 7.20. The molecule has 0 spiro atoms. The molecule has 0 fully saturated rings. The van der Waals surface area contributed by atoms with Gasteiger partial charge in [0.1, 0.15) is 0 Å². The first-order valence-corrected chi connectivity index (χ1v) is 8.19. The van der Waals surface area contributed by atoms with Gasteiger partial charge < -0.3 is 0 Å². The summed E-state index contributed by atoms with van der Waals surface area (Å²) in [7, 11) is 0. The van der Waals surface area contributed by atoms with Gasteiger partial charge >= 0.3 is 0 Å². The zero-order chi connectivity index (χ0) is 13.4. The largest absolute Gasteiger partial charge is 0.241 e. The van der Waals surface area contributed by atoms with E-state index in [9.17, 15) is 0 Å². The molecule has 0 bridgehead atoms. The van der Waals surface area contributed by atoms with E-state index in [0.717, 1.165) is 5.52 Å². The van der Waals surface area contributed by atoms with Crippen molar-refractivity contribution in [3.8, 4) is 11.1 Å². The number of nitrogens with zero attached hydrogens (tertiary/aromatic N) is 1. The number of hydrogen-bond acceptors (Lipinski definition) is 2. The highest BCUT2D eigenvalue weighted by Crippen LogP contribution is 2.31. The van der Waals surface area contributed by atoms with Gasteiger partial charge in [0.05, 0.1) is 15.2 Å². The van der Waals surface area contributed by atoms with Crippen LogP contribution in [0.15, 0.2) is 42.5 Å². The summed E-state index contributed by atoms with van der Waals surface area (Å²) in [6.07, 6.45) is 0. The molecule has 0 unspecified atom stereocenters. The van der Waals surface area contributed by atoms with Crippen molar-refractivity contribution in [2.45, 2.75) is 19.8 Å². The Morgan fingerprint density at radius 1 is 1.00 bits per heavy atom. The number of aromatic nitrogens is 1. The van der Waals surface area contributed by atoms with Crippen molar-refractivity contribution < 1.29 is 0 Å². The molecule has 0 aliphatic heterocycles. The molecule has 0 radical (unpaired) electrons. The van der Waals surface area contributed by atoms with Crippen LogP contribution in [0.2, 0.25) is 0 Å². The van der Waals surface area contributed by atoms with E-state index in [2.05, 4.69) is 83.9 Å². The fraction of sp³-hybridized carbons (Fsp3) is 0.188. The van der Waals surface area contributed by atoms with Gasteiger partial charge in [0, 0.05) is 9.49 Å². The Balaban J connectivity index is 2.08. The average molecular weight is 379 g/mol. The Labute approximate surface area is 130 Å². The normalized spacial score (nSPS) is 11.4. The van der Waals surface area contributed by atoms with Crippen molar-refractivity contribution in [1.82, 2.24) is 4.98 Å². The summed E-state index contributed by atoms with van der Waals surface area (Å²) in [6.45, 7) is 4.38. The van der Waals surface area contributed by atoms with E-state index in [0.29, 0.717) is 5.92 Å². The molecule has 3 rings (SSSR count). The van der Waals surface area contributed by atoms with Gasteiger partial charge in [-0.05, 0) is 58.0 Å². The van der Waals surface area contributed by atoms with E-state index >= 15 is 0 Å². The molecule has 0 saturated carbocycles. The third kappa shape index (κ3) is 2.67. The van der Waals surface area contributed by atoms with E-state index in [-0.39, 0.29) is 0 Å². The standard InChI is InChI=1S/C16H14INS/c1-10(2)16-18-14-8-5-12(9-15(14)19-16)11-3-6-13(17)7-4-11/h3-10H,1-2H3. The van der Waals surface area contributed by atoms with Gasteiger partial charge in [-0.15, -0.1) is 11.3 Å². The van der Waals surface area contributed by atoms with Crippen LogP contribution in [-0.4, -0.2) is 4.98 Å². The maximum Gasteiger partial charge on any atom is 0.0963 e. The van der Waals surface area contributed by atoms with Crippen molar-refractivity contribution in [3.05, 3.63) is 51.0 Å². The Bertz CT molecular complexity index is 713. The van der Waals surface area contributed by atoms with Crippen molar-refractivity contribution >= 4 is 44.1 Å². The third-order valence-electron chi connectivity index (χ3n) is 3.08. The lowest BCUT2D eigenvalue weighted by molar-refractivity contribution is 0.857. The summed E-state index contributed by atoms with van der Waals surface area (Å²) in [5, 5.41) is 1.22. The molecule has 0 aliphatic rings. The van der Waals surface area contributed by atoms with Crippen molar-refractivity contribution in [2.75, 3.05) is 0 Å². The molecule has 96 valence electrons. The van der Waals surface area contributed by atoms with Crippen LogP contribution in [0.4, 0.5) is 0 Å². The summed E-state index contributed by atoms with van der Waals surface area (Å²) in [5.74, 6) is 0.499. The van der Waals surface area contributed by atoms with E-state index < -0.39 is 0 Å². The molecule has 1 heterocycles. The van der Waals surface area contributed by atoms with E-state index in [4.69, 9.17) is 0 Å². The molecule has 1 nitrogen and oxygen atoms in total. The highest BCUT2D eigenvalue weighted by Gasteiger charge is 2.08. The number of rotatable bonds is 2. The van der Waals surface area contributed by atoms with E-state index in [1.54, 1.807) is 11.3 Å². The Kier molecular flexibility index (Phi) is 3.58. The summed E-state index contributed by atoms with van der Waals surface area (Å²) >= 11 is 4.14. The SMILES string of the molecule is CC(C)c1nc2ccc(-c3ccc(I)cc3)cc2s1. The van der Waals surface area contributed by atoms with Crippen molar-refractivity contribution in [3.63, 3.8) is 0 Å². The summed E-state index contributed by atoms with van der Waals surface area (Å²) in [6, 6.07) is 15.2. The predicted molar refractivity (Wildman–Crippen MR) is 91.9 cm³/mol. The van der Waals surface area contributed by atoms with Crippen LogP contribution in [0.3, 0.4) is 0 Å². The molecule has 19 heavy (non-hydrogen) atoms. The Morgan fingerprint density at radius 3 is 2.37 bits per heavy atom. The lowest BCUT2D eigenvalue weighted by Gasteiger charge is -2.01. The third-order valence-corrected chi connectivity index (χ3v) is 5.11. The van der Waals surface area contributed by atoms with Crippen LogP contribution in [0, 0.1) is 3.57 Å². The van der Waals surface area contributed by atoms with Gasteiger partial charge in [-0.25, -0.2) is 4.98 Å². The van der Waals surface area contributed by atoms with Gasteiger partial charge in [0.15, 0.2) is 0 Å². The maximum absolute atomic E-state index is 4.68. The molecule has 3 heteroatoms. The highest BCUT2D eigenvalue weighted by atomic mass is 127. The summed E-state index contributed by atoms with van der Waals surface area (Å²) in [5.41, 5.74) is 3.65. The molecule has 0 atom stereocenters. The van der Waals surface area contributed by atoms with E-state index in [1.807, 2.05) is 0 Å². The molecule has 0 saturated heterocycles. The Morgan fingerprint density at radius 2 is 1.68 bits per heavy atom. The van der Waals surface area contributed by atoms with Crippen LogP contribution in [0.25, 0.3) is 21.3 Å². The number of hydrogen-bond donors (Lipinski definition) is 0. The molecule has 2 aromatic carbocycles. The lowest BCUT2D eigenvalue weighted by Crippen LogP contribution is -1.83. The van der Waals surface area contributed by atoms with Gasteiger partial charge in [-0.1, -0.05) is 32.0 Å². The van der Waals surface area contributed by atoms with Crippen LogP contribution >= 0.6 is 33.9 Å². The topological polar surface area (TPSA) is 12.9 Å². The minimum Gasteiger partial charge on any atom is -0.241 e. The number of thiazole rings is 1. The highest BCUT2D eigenvalue weighted by molar-refractivity contribution is 14.1. The first-order chi connectivity index (χ1) is 9.13. The van der Waals surface area contributed by atoms with Gasteiger partial charge in [-0.3, -0.25) is 0 Å². The van der Waals surface area contributed by atoms with Crippen molar-refractivity contribution in [1.29, 1.82) is 0 Å². The minimum absolute atomic E-state index is 0.499. The van der Waals surface area contributed by atoms with Crippen LogP contribution in [-0.2, 0) is 0 Å². The zero-order valence-electron chi connectivity index (χ0n) is 10.9. The molecule has 0 amide bonds. The second kappa shape index (κ2) is 5.21. The average Bonchev–Trinajstić information content (AvgIpc) is 2.82. The van der Waals surface area contributed by atoms with Gasteiger partial charge in [0.2, 0.25) is 0 Å². The molecular formula is C16H14INS. The number of benzene rings is 2. The molecule has 3 aromatic rings. The predicted octanol–water partition coefficient (Wildman–Crippen LogP) is 5.69. The fourth-order valence-corrected chi connectivity index (χ4v) is 3.38. The molecule has 0 aliphatic carbocycles. The first-order valence-electron chi connectivity index (χ1n) is 6.30. The zero-order valence-corrected chi connectivity index (χ0v) is 13.8. The quantitative estimate of drug-likeness (QED) is 0.521. The monoisotopic (exact) mass is 379 g/mol. The summed E-state index contributed by atoms with van der Waals surface area (Å²) < 4.78 is 2.54. The lowest BCUT2D eigenvalue weighted by atomic mass is 10.1.